The molecule has 1 amide bonds. The number of aromatic nitrogens is 2. The van der Waals surface area contributed by atoms with Crippen molar-refractivity contribution in [1.29, 1.82) is 0 Å². The predicted molar refractivity (Wildman–Crippen MR) is 94.6 cm³/mol. The number of hydrogen-bond donors (Lipinski definition) is 3. The van der Waals surface area contributed by atoms with Gasteiger partial charge in [0.25, 0.3) is 11.5 Å². The average Bonchev–Trinajstić information content (AvgIpc) is 3.04. The molecule has 1 saturated carbocycles. The van der Waals surface area contributed by atoms with Gasteiger partial charge in [-0.1, -0.05) is 0 Å². The highest BCUT2D eigenvalue weighted by Gasteiger charge is 2.24. The van der Waals surface area contributed by atoms with Crippen LogP contribution in [0.2, 0.25) is 0 Å². The number of carbonyl (C=O) groups excluding carboxylic acids is 1. The number of quaternary nitrogens is 1. The summed E-state index contributed by atoms with van der Waals surface area (Å²) in [5.41, 5.74) is 0.581. The van der Waals surface area contributed by atoms with E-state index in [0.717, 1.165) is 23.3 Å². The van der Waals surface area contributed by atoms with Gasteiger partial charge in [0, 0.05) is 17.0 Å². The standard InChI is InChI=1S/C17H18N4O3S/c1-21(8-14(22)18-10-4-5-10)7-13-19-16(23)15-11(9-25-17(15)20-13)12-3-2-6-24-12/h2-3,6,9-10H,4-5,7-8H2,1H3,(H,18,22)(H,19,20,23)/p+1. The van der Waals surface area contributed by atoms with E-state index in [1.165, 1.54) is 11.3 Å². The Morgan fingerprint density at radius 2 is 2.36 bits per heavy atom. The number of hydrogen-bond acceptors (Lipinski definition) is 5. The van der Waals surface area contributed by atoms with Crippen LogP contribution >= 0.6 is 11.3 Å². The zero-order chi connectivity index (χ0) is 17.4. The number of aromatic amines is 1. The van der Waals surface area contributed by atoms with Gasteiger partial charge in [-0.3, -0.25) is 9.59 Å². The Hall–Kier alpha value is -2.45. The summed E-state index contributed by atoms with van der Waals surface area (Å²) in [5.74, 6) is 1.28. The van der Waals surface area contributed by atoms with Crippen molar-refractivity contribution in [1.82, 2.24) is 15.3 Å². The molecule has 3 aromatic rings. The van der Waals surface area contributed by atoms with Crippen molar-refractivity contribution in [2.24, 2.45) is 0 Å². The first-order valence-corrected chi connectivity index (χ1v) is 9.13. The van der Waals surface area contributed by atoms with Crippen LogP contribution in [-0.4, -0.2) is 35.5 Å². The van der Waals surface area contributed by atoms with Crippen LogP contribution in [0, 0.1) is 0 Å². The number of H-pyrrole nitrogens is 1. The van der Waals surface area contributed by atoms with Crippen LogP contribution < -0.4 is 15.8 Å². The molecule has 3 heterocycles. The third-order valence-electron chi connectivity index (χ3n) is 4.15. The summed E-state index contributed by atoms with van der Waals surface area (Å²) in [6, 6.07) is 3.98. The lowest BCUT2D eigenvalue weighted by atomic mass is 10.2. The molecule has 0 spiro atoms. The van der Waals surface area contributed by atoms with Crippen LogP contribution in [0.1, 0.15) is 18.7 Å². The number of fused-ring (bicyclic) bond motifs is 1. The Labute approximate surface area is 147 Å². The molecule has 1 aliphatic carbocycles. The van der Waals surface area contributed by atoms with Crippen LogP contribution in [0.3, 0.4) is 0 Å². The molecule has 0 radical (unpaired) electrons. The largest absolute Gasteiger partial charge is 0.464 e. The molecular weight excluding hydrogens is 340 g/mol. The second kappa shape index (κ2) is 6.45. The zero-order valence-corrected chi connectivity index (χ0v) is 14.6. The van der Waals surface area contributed by atoms with Gasteiger partial charge in [0.1, 0.15) is 17.1 Å². The predicted octanol–water partition coefficient (Wildman–Crippen LogP) is 0.538. The van der Waals surface area contributed by atoms with Crippen LogP contribution in [0.4, 0.5) is 0 Å². The fourth-order valence-corrected chi connectivity index (χ4v) is 3.77. The van der Waals surface area contributed by atoms with Gasteiger partial charge < -0.3 is 19.6 Å². The first kappa shape index (κ1) is 16.0. The van der Waals surface area contributed by atoms with E-state index in [0.29, 0.717) is 40.9 Å². The molecular formula is C17H19N4O3S+. The SMILES string of the molecule is C[NH+](CC(=O)NC1CC1)Cc1nc2scc(-c3ccco3)c2c(=O)[nH]1. The molecule has 8 heteroatoms. The Balaban J connectivity index is 1.53. The second-order valence-corrected chi connectivity index (χ2v) is 7.33. The number of likely N-dealkylation sites (N-methyl/N-ethyl adjacent to an activating group) is 1. The first-order valence-electron chi connectivity index (χ1n) is 8.25. The first-order chi connectivity index (χ1) is 12.1. The van der Waals surface area contributed by atoms with Gasteiger partial charge in [-0.15, -0.1) is 11.3 Å². The summed E-state index contributed by atoms with van der Waals surface area (Å²) in [6.07, 6.45) is 3.74. The molecule has 7 nitrogen and oxygen atoms in total. The fourth-order valence-electron chi connectivity index (χ4n) is 2.82. The second-order valence-electron chi connectivity index (χ2n) is 6.47. The summed E-state index contributed by atoms with van der Waals surface area (Å²) >= 11 is 1.42. The molecule has 1 atom stereocenters. The minimum atomic E-state index is -0.178. The number of nitrogens with zero attached hydrogens (tertiary/aromatic N) is 1. The molecule has 25 heavy (non-hydrogen) atoms. The summed E-state index contributed by atoms with van der Waals surface area (Å²) < 4.78 is 5.39. The van der Waals surface area contributed by atoms with Crippen LogP contribution in [0.15, 0.2) is 33.0 Å². The van der Waals surface area contributed by atoms with Crippen molar-refractivity contribution in [2.45, 2.75) is 25.4 Å². The third kappa shape index (κ3) is 3.49. The maximum Gasteiger partial charge on any atom is 0.275 e. The van der Waals surface area contributed by atoms with E-state index in [9.17, 15) is 9.59 Å². The minimum absolute atomic E-state index is 0.0413. The molecule has 1 unspecified atom stereocenters. The van der Waals surface area contributed by atoms with Crippen LogP contribution in [-0.2, 0) is 11.3 Å². The summed E-state index contributed by atoms with van der Waals surface area (Å²) in [7, 11) is 1.92. The molecule has 130 valence electrons. The summed E-state index contributed by atoms with van der Waals surface area (Å²) in [5, 5.41) is 5.40. The maximum absolute atomic E-state index is 12.5. The van der Waals surface area contributed by atoms with E-state index in [2.05, 4.69) is 15.3 Å². The minimum Gasteiger partial charge on any atom is -0.464 e. The van der Waals surface area contributed by atoms with Gasteiger partial charge in [0.2, 0.25) is 0 Å². The van der Waals surface area contributed by atoms with Gasteiger partial charge in [-0.05, 0) is 25.0 Å². The molecule has 3 aromatic heterocycles. The smallest absolute Gasteiger partial charge is 0.275 e. The van der Waals surface area contributed by atoms with E-state index in [4.69, 9.17) is 4.42 Å². The molecule has 0 aromatic carbocycles. The van der Waals surface area contributed by atoms with Crippen LogP contribution in [0.5, 0.6) is 0 Å². The van der Waals surface area contributed by atoms with Crippen molar-refractivity contribution in [2.75, 3.05) is 13.6 Å². The van der Waals surface area contributed by atoms with E-state index in [-0.39, 0.29) is 11.5 Å². The lowest BCUT2D eigenvalue weighted by Gasteiger charge is -2.13. The van der Waals surface area contributed by atoms with Gasteiger partial charge >= 0.3 is 0 Å². The summed E-state index contributed by atoms with van der Waals surface area (Å²) in [4.78, 5) is 33.4. The third-order valence-corrected chi connectivity index (χ3v) is 5.03. The lowest BCUT2D eigenvalue weighted by Crippen LogP contribution is -3.09. The number of thiophene rings is 1. The number of amides is 1. The number of nitrogens with one attached hydrogen (secondary N) is 3. The Morgan fingerprint density at radius 3 is 3.08 bits per heavy atom. The summed E-state index contributed by atoms with van der Waals surface area (Å²) in [6.45, 7) is 0.845. The van der Waals surface area contributed by atoms with Gasteiger partial charge in [0.15, 0.2) is 12.4 Å². The van der Waals surface area contributed by atoms with Crippen molar-refractivity contribution >= 4 is 27.5 Å². The maximum atomic E-state index is 12.5. The molecule has 0 bridgehead atoms. The topological polar surface area (TPSA) is 92.4 Å². The highest BCUT2D eigenvalue weighted by molar-refractivity contribution is 7.17. The number of rotatable bonds is 6. The van der Waals surface area contributed by atoms with Crippen molar-refractivity contribution in [3.05, 3.63) is 40.0 Å². The van der Waals surface area contributed by atoms with Crippen molar-refractivity contribution in [3.8, 4) is 11.3 Å². The highest BCUT2D eigenvalue weighted by Crippen LogP contribution is 2.30. The number of carbonyl (C=O) groups is 1. The monoisotopic (exact) mass is 359 g/mol. The Morgan fingerprint density at radius 1 is 1.52 bits per heavy atom. The van der Waals surface area contributed by atoms with Crippen LogP contribution in [0.25, 0.3) is 21.5 Å². The van der Waals surface area contributed by atoms with Crippen molar-refractivity contribution < 1.29 is 14.1 Å². The van der Waals surface area contributed by atoms with E-state index >= 15 is 0 Å². The van der Waals surface area contributed by atoms with E-state index < -0.39 is 0 Å². The highest BCUT2D eigenvalue weighted by atomic mass is 32.1. The number of furan rings is 1. The fraction of sp³-hybridized carbons (Fsp3) is 0.353. The molecule has 4 rings (SSSR count). The average molecular weight is 359 g/mol. The van der Waals surface area contributed by atoms with E-state index in [1.54, 1.807) is 12.3 Å². The molecule has 1 aliphatic rings. The molecule has 0 saturated heterocycles. The molecule has 0 aliphatic heterocycles. The van der Waals surface area contributed by atoms with Gasteiger partial charge in [0.05, 0.1) is 18.7 Å². The molecule has 3 N–H and O–H groups in total. The quantitative estimate of drug-likeness (QED) is 0.599. The Bertz CT molecular complexity index is 956. The van der Waals surface area contributed by atoms with Gasteiger partial charge in [-0.25, -0.2) is 4.98 Å². The normalized spacial score (nSPS) is 15.4. The van der Waals surface area contributed by atoms with Crippen molar-refractivity contribution in [3.63, 3.8) is 0 Å². The Kier molecular flexibility index (Phi) is 4.14. The van der Waals surface area contributed by atoms with E-state index in [1.807, 2.05) is 18.5 Å². The lowest BCUT2D eigenvalue weighted by molar-refractivity contribution is -0.886. The molecule has 1 fully saturated rings. The van der Waals surface area contributed by atoms with Gasteiger partial charge in [-0.2, -0.15) is 0 Å². The zero-order valence-electron chi connectivity index (χ0n) is 13.8.